The molecule has 0 heterocycles. The number of amides is 1. The summed E-state index contributed by atoms with van der Waals surface area (Å²) >= 11 is 0. The molecule has 0 aliphatic carbocycles. The van der Waals surface area contributed by atoms with Gasteiger partial charge in [-0.15, -0.1) is 0 Å². The van der Waals surface area contributed by atoms with Crippen LogP contribution in [-0.4, -0.2) is 5.91 Å². The summed E-state index contributed by atoms with van der Waals surface area (Å²) in [6.45, 7) is 10.7. The Kier molecular flexibility index (Phi) is 4.94. The summed E-state index contributed by atoms with van der Waals surface area (Å²) in [5, 5.41) is 3.03. The van der Waals surface area contributed by atoms with Crippen molar-refractivity contribution in [3.63, 3.8) is 0 Å². The molecule has 0 aliphatic heterocycles. The van der Waals surface area contributed by atoms with Gasteiger partial charge in [0.1, 0.15) is 0 Å². The normalized spacial score (nSPS) is 11.7. The van der Waals surface area contributed by atoms with E-state index in [0.717, 1.165) is 12.1 Å². The van der Waals surface area contributed by atoms with Crippen molar-refractivity contribution in [1.29, 1.82) is 0 Å². The van der Waals surface area contributed by atoms with Crippen LogP contribution in [0, 0.1) is 5.92 Å². The minimum absolute atomic E-state index is 0.0436. The zero-order valence-electron chi connectivity index (χ0n) is 12.2. The molecule has 0 aliphatic rings. The summed E-state index contributed by atoms with van der Waals surface area (Å²) < 4.78 is 0. The number of carbonyl (C=O) groups is 1. The van der Waals surface area contributed by atoms with Gasteiger partial charge in [-0.25, -0.2) is 0 Å². The first-order valence-corrected chi connectivity index (χ1v) is 6.70. The van der Waals surface area contributed by atoms with E-state index in [1.807, 2.05) is 18.2 Å². The molecule has 0 fully saturated rings. The van der Waals surface area contributed by atoms with E-state index in [2.05, 4.69) is 46.0 Å². The highest BCUT2D eigenvalue weighted by Crippen LogP contribution is 2.29. The lowest BCUT2D eigenvalue weighted by Crippen LogP contribution is -2.18. The van der Waals surface area contributed by atoms with E-state index in [4.69, 9.17) is 0 Å². The first-order chi connectivity index (χ1) is 8.30. The molecule has 18 heavy (non-hydrogen) atoms. The van der Waals surface area contributed by atoms with Gasteiger partial charge in [0.15, 0.2) is 0 Å². The van der Waals surface area contributed by atoms with Gasteiger partial charge in [0.2, 0.25) is 5.91 Å². The summed E-state index contributed by atoms with van der Waals surface area (Å²) in [5.41, 5.74) is 2.17. The molecule has 1 N–H and O–H groups in total. The summed E-state index contributed by atoms with van der Waals surface area (Å²) in [6.07, 6.45) is 1.53. The van der Waals surface area contributed by atoms with Crippen LogP contribution in [0.4, 0.5) is 5.69 Å². The number of rotatable bonds is 4. The topological polar surface area (TPSA) is 29.1 Å². The summed E-state index contributed by atoms with van der Waals surface area (Å²) in [4.78, 5) is 11.9. The largest absolute Gasteiger partial charge is 0.326 e. The minimum atomic E-state index is 0.0436. The van der Waals surface area contributed by atoms with Crippen LogP contribution in [0.2, 0.25) is 0 Å². The quantitative estimate of drug-likeness (QED) is 0.841. The van der Waals surface area contributed by atoms with Crippen LogP contribution in [-0.2, 0) is 10.2 Å². The van der Waals surface area contributed by atoms with Crippen molar-refractivity contribution in [3.05, 3.63) is 29.8 Å². The SMILES string of the molecule is CC(C)CCC(=O)Nc1ccccc1C(C)(C)C. The molecule has 0 saturated carbocycles. The molecule has 1 aromatic carbocycles. The average Bonchev–Trinajstić information content (AvgIpc) is 2.25. The fraction of sp³-hybridized carbons (Fsp3) is 0.562. The van der Waals surface area contributed by atoms with Crippen LogP contribution in [0.1, 0.15) is 53.0 Å². The molecule has 0 radical (unpaired) electrons. The molecule has 1 aromatic rings. The van der Waals surface area contributed by atoms with Crippen LogP contribution < -0.4 is 5.32 Å². The number of hydrogen-bond donors (Lipinski definition) is 1. The Balaban J connectivity index is 2.76. The highest BCUT2D eigenvalue weighted by atomic mass is 16.1. The van der Waals surface area contributed by atoms with Gasteiger partial charge in [-0.3, -0.25) is 4.79 Å². The second-order valence-electron chi connectivity index (χ2n) is 6.28. The highest BCUT2D eigenvalue weighted by Gasteiger charge is 2.18. The maximum Gasteiger partial charge on any atom is 0.224 e. The Morgan fingerprint density at radius 3 is 2.39 bits per heavy atom. The summed E-state index contributed by atoms with van der Waals surface area (Å²) in [7, 11) is 0. The average molecular weight is 247 g/mol. The molecule has 0 bridgehead atoms. The number of para-hydroxylation sites is 1. The fourth-order valence-corrected chi connectivity index (χ4v) is 1.88. The fourth-order valence-electron chi connectivity index (χ4n) is 1.88. The predicted molar refractivity (Wildman–Crippen MR) is 77.8 cm³/mol. The van der Waals surface area contributed by atoms with Gasteiger partial charge < -0.3 is 5.32 Å². The number of nitrogens with one attached hydrogen (secondary N) is 1. The molecule has 1 amide bonds. The molecule has 0 aromatic heterocycles. The molecule has 0 spiro atoms. The molecule has 0 saturated heterocycles. The van der Waals surface area contributed by atoms with E-state index < -0.39 is 0 Å². The lowest BCUT2D eigenvalue weighted by atomic mass is 9.86. The van der Waals surface area contributed by atoms with Gasteiger partial charge in [0, 0.05) is 12.1 Å². The lowest BCUT2D eigenvalue weighted by molar-refractivity contribution is -0.116. The summed E-state index contributed by atoms with van der Waals surface area (Å²) in [5.74, 6) is 0.675. The van der Waals surface area contributed by atoms with Crippen molar-refractivity contribution in [2.45, 2.75) is 52.9 Å². The van der Waals surface area contributed by atoms with Gasteiger partial charge in [0.25, 0.3) is 0 Å². The predicted octanol–water partition coefficient (Wildman–Crippen LogP) is 4.36. The Morgan fingerprint density at radius 1 is 1.22 bits per heavy atom. The summed E-state index contributed by atoms with van der Waals surface area (Å²) in [6, 6.07) is 8.05. The van der Waals surface area contributed by atoms with E-state index >= 15 is 0 Å². The van der Waals surface area contributed by atoms with Crippen LogP contribution in [0.3, 0.4) is 0 Å². The van der Waals surface area contributed by atoms with Crippen molar-refractivity contribution >= 4 is 11.6 Å². The van der Waals surface area contributed by atoms with Crippen LogP contribution in [0.5, 0.6) is 0 Å². The van der Waals surface area contributed by atoms with Gasteiger partial charge in [-0.05, 0) is 29.4 Å². The maximum absolute atomic E-state index is 11.9. The Bertz CT molecular complexity index is 402. The van der Waals surface area contributed by atoms with Crippen molar-refractivity contribution in [3.8, 4) is 0 Å². The highest BCUT2D eigenvalue weighted by molar-refractivity contribution is 5.91. The van der Waals surface area contributed by atoms with E-state index in [-0.39, 0.29) is 11.3 Å². The van der Waals surface area contributed by atoms with Gasteiger partial charge in [-0.2, -0.15) is 0 Å². The first-order valence-electron chi connectivity index (χ1n) is 6.70. The van der Waals surface area contributed by atoms with Crippen LogP contribution in [0.15, 0.2) is 24.3 Å². The molecule has 2 heteroatoms. The molecule has 0 unspecified atom stereocenters. The zero-order valence-corrected chi connectivity index (χ0v) is 12.2. The van der Waals surface area contributed by atoms with E-state index in [1.165, 1.54) is 5.56 Å². The Labute approximate surface area is 111 Å². The molecule has 1 rings (SSSR count). The molecule has 100 valence electrons. The molecule has 0 atom stereocenters. The first kappa shape index (κ1) is 14.7. The van der Waals surface area contributed by atoms with Gasteiger partial charge >= 0.3 is 0 Å². The van der Waals surface area contributed by atoms with Crippen molar-refractivity contribution in [2.24, 2.45) is 5.92 Å². The van der Waals surface area contributed by atoms with Crippen molar-refractivity contribution in [1.82, 2.24) is 0 Å². The molecular formula is C16H25NO. The standard InChI is InChI=1S/C16H25NO/c1-12(2)10-11-15(18)17-14-9-7-6-8-13(14)16(3,4)5/h6-9,12H,10-11H2,1-5H3,(H,17,18). The van der Waals surface area contributed by atoms with Crippen molar-refractivity contribution < 1.29 is 4.79 Å². The third-order valence-electron chi connectivity index (χ3n) is 2.96. The van der Waals surface area contributed by atoms with Crippen molar-refractivity contribution in [2.75, 3.05) is 5.32 Å². The second kappa shape index (κ2) is 6.03. The van der Waals surface area contributed by atoms with E-state index in [9.17, 15) is 4.79 Å². The minimum Gasteiger partial charge on any atom is -0.326 e. The lowest BCUT2D eigenvalue weighted by Gasteiger charge is -2.23. The maximum atomic E-state index is 11.9. The van der Waals surface area contributed by atoms with Crippen LogP contribution in [0.25, 0.3) is 0 Å². The van der Waals surface area contributed by atoms with Gasteiger partial charge in [-0.1, -0.05) is 52.8 Å². The van der Waals surface area contributed by atoms with Gasteiger partial charge in [0.05, 0.1) is 0 Å². The Morgan fingerprint density at radius 2 is 1.83 bits per heavy atom. The Hall–Kier alpha value is -1.31. The van der Waals surface area contributed by atoms with Crippen LogP contribution >= 0.6 is 0 Å². The monoisotopic (exact) mass is 247 g/mol. The third-order valence-corrected chi connectivity index (χ3v) is 2.96. The number of benzene rings is 1. The van der Waals surface area contributed by atoms with E-state index in [1.54, 1.807) is 0 Å². The number of anilines is 1. The second-order valence-corrected chi connectivity index (χ2v) is 6.28. The molecule has 2 nitrogen and oxygen atoms in total. The number of hydrogen-bond acceptors (Lipinski definition) is 1. The smallest absolute Gasteiger partial charge is 0.224 e. The third kappa shape index (κ3) is 4.52. The molecular weight excluding hydrogens is 222 g/mol. The zero-order chi connectivity index (χ0) is 13.8. The van der Waals surface area contributed by atoms with E-state index in [0.29, 0.717) is 12.3 Å². The number of carbonyl (C=O) groups excluding carboxylic acids is 1.